The number of amides is 1. The molecule has 0 spiro atoms. The monoisotopic (exact) mass is 734 g/mol. The molecule has 3 heterocycles. The number of piperidine rings is 2. The number of rotatable bonds is 10. The molecule has 0 radical (unpaired) electrons. The number of carbonyl (C=O) groups excluding carboxylic acids is 1. The van der Waals surface area contributed by atoms with Gasteiger partial charge in [0.05, 0.1) is 34.5 Å². The van der Waals surface area contributed by atoms with Crippen molar-refractivity contribution in [1.29, 1.82) is 0 Å². The fourth-order valence-corrected chi connectivity index (χ4v) is 8.78. The van der Waals surface area contributed by atoms with Crippen LogP contribution in [0, 0.1) is 0 Å². The van der Waals surface area contributed by atoms with Gasteiger partial charge in [0.25, 0.3) is 5.91 Å². The number of benzene rings is 3. The summed E-state index contributed by atoms with van der Waals surface area (Å²) in [7, 11) is -3.82. The van der Waals surface area contributed by atoms with E-state index in [1.54, 1.807) is 13.0 Å². The first-order valence-corrected chi connectivity index (χ1v) is 20.1. The molecule has 1 N–H and O–H groups in total. The third-order valence-corrected chi connectivity index (χ3v) is 11.9. The van der Waals surface area contributed by atoms with E-state index in [-0.39, 0.29) is 46.1 Å². The molecule has 276 valence electrons. The molecule has 1 amide bonds. The number of aromatic nitrogens is 1. The zero-order valence-corrected chi connectivity index (χ0v) is 30.5. The molecule has 8 nitrogen and oxygen atoms in total. The van der Waals surface area contributed by atoms with Gasteiger partial charge in [-0.2, -0.15) is 13.2 Å². The van der Waals surface area contributed by atoms with Gasteiger partial charge in [0.15, 0.2) is 9.84 Å². The number of ether oxygens (including phenoxy) is 1. The Labute approximate surface area is 303 Å². The first-order valence-electron chi connectivity index (χ1n) is 18.2. The molecule has 12 heteroatoms. The second-order valence-electron chi connectivity index (χ2n) is 14.4. The third-order valence-electron chi connectivity index (χ3n) is 10.8. The summed E-state index contributed by atoms with van der Waals surface area (Å²) in [6, 6.07) is 18.1. The van der Waals surface area contributed by atoms with Crippen molar-refractivity contribution < 1.29 is 31.1 Å². The summed E-state index contributed by atoms with van der Waals surface area (Å²) in [5.74, 6) is -0.356. The van der Waals surface area contributed by atoms with E-state index in [4.69, 9.17) is 9.72 Å². The van der Waals surface area contributed by atoms with Gasteiger partial charge in [0, 0.05) is 41.4 Å². The van der Waals surface area contributed by atoms with Crippen molar-refractivity contribution in [2.75, 3.05) is 39.0 Å². The lowest BCUT2D eigenvalue weighted by molar-refractivity contribution is -0.137. The van der Waals surface area contributed by atoms with E-state index in [1.807, 2.05) is 30.3 Å². The van der Waals surface area contributed by atoms with Crippen LogP contribution in [-0.2, 0) is 28.1 Å². The molecule has 52 heavy (non-hydrogen) atoms. The van der Waals surface area contributed by atoms with Crippen LogP contribution in [-0.4, -0.2) is 74.2 Å². The maximum atomic E-state index is 14.9. The molecule has 3 aromatic carbocycles. The van der Waals surface area contributed by atoms with E-state index >= 15 is 0 Å². The van der Waals surface area contributed by atoms with Crippen LogP contribution >= 0.6 is 0 Å². The lowest BCUT2D eigenvalue weighted by atomic mass is 9.93. The summed E-state index contributed by atoms with van der Waals surface area (Å²) in [5.41, 5.74) is 0.925. The number of fused-ring (bicyclic) bond motifs is 1. The number of halogens is 3. The molecule has 1 aromatic heterocycles. The average molecular weight is 735 g/mol. The van der Waals surface area contributed by atoms with Crippen molar-refractivity contribution in [2.45, 2.75) is 81.1 Å². The van der Waals surface area contributed by atoms with Crippen LogP contribution in [0.4, 0.5) is 13.2 Å². The first kappa shape index (κ1) is 36.4. The van der Waals surface area contributed by atoms with Gasteiger partial charge in [-0.3, -0.25) is 9.69 Å². The predicted molar refractivity (Wildman–Crippen MR) is 195 cm³/mol. The van der Waals surface area contributed by atoms with Crippen molar-refractivity contribution in [3.8, 4) is 17.0 Å². The van der Waals surface area contributed by atoms with Crippen LogP contribution in [0.2, 0.25) is 0 Å². The van der Waals surface area contributed by atoms with E-state index in [9.17, 15) is 26.4 Å². The number of pyridine rings is 1. The van der Waals surface area contributed by atoms with Crippen molar-refractivity contribution >= 4 is 26.6 Å². The Morgan fingerprint density at radius 1 is 0.962 bits per heavy atom. The highest BCUT2D eigenvalue weighted by molar-refractivity contribution is 7.90. The van der Waals surface area contributed by atoms with Crippen LogP contribution in [0.15, 0.2) is 71.6 Å². The molecular formula is C40H45F3N4O4S. The zero-order valence-electron chi connectivity index (χ0n) is 29.6. The molecule has 0 atom stereocenters. The van der Waals surface area contributed by atoms with Crippen molar-refractivity contribution in [3.05, 3.63) is 89.0 Å². The van der Waals surface area contributed by atoms with Crippen LogP contribution in [0.1, 0.15) is 78.9 Å². The number of carbonyl (C=O) groups is 1. The van der Waals surface area contributed by atoms with Gasteiger partial charge >= 0.3 is 6.18 Å². The van der Waals surface area contributed by atoms with E-state index in [1.165, 1.54) is 37.5 Å². The fourth-order valence-electron chi connectivity index (χ4n) is 7.96. The molecule has 3 aliphatic rings. The Hall–Kier alpha value is -4.00. The van der Waals surface area contributed by atoms with E-state index < -0.39 is 33.0 Å². The number of alkyl halides is 3. The predicted octanol–water partition coefficient (Wildman–Crippen LogP) is 7.59. The maximum absolute atomic E-state index is 14.9. The molecular weight excluding hydrogens is 690 g/mol. The van der Waals surface area contributed by atoms with Crippen molar-refractivity contribution in [2.24, 2.45) is 0 Å². The maximum Gasteiger partial charge on any atom is 0.416 e. The highest BCUT2D eigenvalue weighted by atomic mass is 32.2. The summed E-state index contributed by atoms with van der Waals surface area (Å²) in [4.78, 5) is 24.5. The lowest BCUT2D eigenvalue weighted by Gasteiger charge is -2.40. The SMILES string of the molecule is CCOc1cc2nc(-c3cccc(C(F)(F)F)c3)c(CN3CCC(N4CCCCC4)CC3)c(C(=O)NC3(c4ccccc4)CC3)c2cc1S(C)(=O)=O. The number of sulfone groups is 1. The van der Waals surface area contributed by atoms with Gasteiger partial charge in [-0.05, 0) is 95.4 Å². The number of nitrogens with one attached hydrogen (secondary N) is 1. The summed E-state index contributed by atoms with van der Waals surface area (Å²) >= 11 is 0. The Kier molecular flexibility index (Phi) is 10.1. The molecule has 2 saturated heterocycles. The second-order valence-corrected chi connectivity index (χ2v) is 16.4. The second kappa shape index (κ2) is 14.4. The van der Waals surface area contributed by atoms with Crippen LogP contribution < -0.4 is 10.1 Å². The van der Waals surface area contributed by atoms with Gasteiger partial charge in [-0.25, -0.2) is 13.4 Å². The van der Waals surface area contributed by atoms with Crippen LogP contribution in [0.3, 0.4) is 0 Å². The van der Waals surface area contributed by atoms with Gasteiger partial charge in [0.2, 0.25) is 0 Å². The zero-order chi connectivity index (χ0) is 36.7. The van der Waals surface area contributed by atoms with E-state index in [2.05, 4.69) is 15.1 Å². The minimum Gasteiger partial charge on any atom is -0.492 e. The normalized spacial score (nSPS) is 18.7. The summed E-state index contributed by atoms with van der Waals surface area (Å²) in [6.07, 6.45) is 3.46. The van der Waals surface area contributed by atoms with Gasteiger partial charge in [-0.1, -0.05) is 48.9 Å². The number of likely N-dealkylation sites (tertiary alicyclic amines) is 2. The molecule has 1 aliphatic carbocycles. The first-order chi connectivity index (χ1) is 24.9. The molecule has 4 aromatic rings. The van der Waals surface area contributed by atoms with E-state index in [0.717, 1.165) is 63.0 Å². The lowest BCUT2D eigenvalue weighted by Crippen LogP contribution is -2.46. The van der Waals surface area contributed by atoms with E-state index in [0.29, 0.717) is 29.8 Å². The Balaban J connectivity index is 1.40. The third kappa shape index (κ3) is 7.56. The molecule has 0 unspecified atom stereocenters. The fraction of sp³-hybridized carbons (Fsp3) is 0.450. The number of hydrogen-bond acceptors (Lipinski definition) is 7. The highest BCUT2D eigenvalue weighted by Gasteiger charge is 2.46. The molecule has 7 rings (SSSR count). The quantitative estimate of drug-likeness (QED) is 0.180. The van der Waals surface area contributed by atoms with Gasteiger partial charge in [-0.15, -0.1) is 0 Å². The minimum atomic E-state index is -4.59. The molecule has 0 bridgehead atoms. The number of hydrogen-bond donors (Lipinski definition) is 1. The number of nitrogens with zero attached hydrogens (tertiary/aromatic N) is 3. The van der Waals surface area contributed by atoms with Crippen LogP contribution in [0.5, 0.6) is 5.75 Å². The minimum absolute atomic E-state index is 0.0711. The van der Waals surface area contributed by atoms with Gasteiger partial charge in [0.1, 0.15) is 10.6 Å². The highest BCUT2D eigenvalue weighted by Crippen LogP contribution is 2.46. The summed E-state index contributed by atoms with van der Waals surface area (Å²) in [5, 5.41) is 3.58. The Morgan fingerprint density at radius 3 is 2.31 bits per heavy atom. The topological polar surface area (TPSA) is 91.8 Å². The van der Waals surface area contributed by atoms with Gasteiger partial charge < -0.3 is 15.0 Å². The summed E-state index contributed by atoms with van der Waals surface area (Å²) in [6.45, 7) is 5.84. The van der Waals surface area contributed by atoms with Crippen molar-refractivity contribution in [3.63, 3.8) is 0 Å². The Bertz CT molecular complexity index is 2050. The summed E-state index contributed by atoms with van der Waals surface area (Å²) < 4.78 is 74.3. The smallest absolute Gasteiger partial charge is 0.416 e. The average Bonchev–Trinajstić information content (AvgIpc) is 3.92. The molecule has 2 aliphatic heterocycles. The largest absolute Gasteiger partial charge is 0.492 e. The standard InChI is InChI=1S/C40H45F3N4O4S/c1-3-51-34-25-33-31(24-35(34)52(2,49)50)36(38(48)45-39(17-18-39)28-12-6-4-7-13-28)32(37(44-33)27-11-10-14-29(23-27)40(41,42)43)26-46-21-15-30(16-22-46)47-19-8-5-9-20-47/h4,6-7,10-14,23-25,30H,3,5,8-9,15-22,26H2,1-2H3,(H,45,48). The Morgan fingerprint density at radius 2 is 1.67 bits per heavy atom. The van der Waals surface area contributed by atoms with Crippen molar-refractivity contribution in [1.82, 2.24) is 20.1 Å². The molecule has 3 fully saturated rings. The van der Waals surface area contributed by atoms with Crippen LogP contribution in [0.25, 0.3) is 22.2 Å². The molecule has 1 saturated carbocycles.